The van der Waals surface area contributed by atoms with Crippen molar-refractivity contribution in [1.82, 2.24) is 15.2 Å². The molecule has 3 aromatic carbocycles. The summed E-state index contributed by atoms with van der Waals surface area (Å²) in [6, 6.07) is 27.5. The van der Waals surface area contributed by atoms with Crippen LogP contribution in [-0.2, 0) is 17.9 Å². The molecule has 2 heterocycles. The highest BCUT2D eigenvalue weighted by atomic mass is 16.5. The highest BCUT2D eigenvalue weighted by molar-refractivity contribution is 6.16. The van der Waals surface area contributed by atoms with E-state index < -0.39 is 0 Å². The lowest BCUT2D eigenvalue weighted by Gasteiger charge is -2.07. The van der Waals surface area contributed by atoms with Crippen LogP contribution >= 0.6 is 0 Å². The van der Waals surface area contributed by atoms with Crippen molar-refractivity contribution >= 4 is 28.8 Å². The van der Waals surface area contributed by atoms with Crippen LogP contribution in [0.5, 0.6) is 5.75 Å². The standard InChI is InChI=1S/C31H29N5O2/c32-20-23-13-15-26(16-14-23)38-18-8-2-7-17-36-22-25(27-11-5-6-12-29(27)36)19-28-30(37)35-31(34-28)33-21-24-9-3-1-4-10-24/h1,3-6,9-16,19,22H,2,7-8,17-18,21H2,(H2,33,34,35,37)/b28-19-. The predicted molar refractivity (Wildman–Crippen MR) is 149 cm³/mol. The first-order valence-electron chi connectivity index (χ1n) is 12.8. The maximum atomic E-state index is 12.6. The minimum atomic E-state index is -0.184. The zero-order chi connectivity index (χ0) is 26.2. The van der Waals surface area contributed by atoms with Gasteiger partial charge in [0.15, 0.2) is 0 Å². The molecule has 7 nitrogen and oxygen atoms in total. The van der Waals surface area contributed by atoms with Crippen LogP contribution in [0.1, 0.15) is 36.0 Å². The number of aliphatic imine (C=N–C) groups is 1. The monoisotopic (exact) mass is 503 g/mol. The van der Waals surface area contributed by atoms with Crippen molar-refractivity contribution in [3.05, 3.63) is 107 Å². The third kappa shape index (κ3) is 6.11. The molecule has 0 aliphatic carbocycles. The van der Waals surface area contributed by atoms with E-state index in [9.17, 15) is 4.79 Å². The summed E-state index contributed by atoms with van der Waals surface area (Å²) >= 11 is 0. The Balaban J connectivity index is 1.18. The Bertz CT molecular complexity index is 1510. The molecule has 2 N–H and O–H groups in total. The van der Waals surface area contributed by atoms with Crippen LogP contribution in [0.3, 0.4) is 0 Å². The molecule has 38 heavy (non-hydrogen) atoms. The van der Waals surface area contributed by atoms with Gasteiger partial charge in [0, 0.05) is 29.2 Å². The van der Waals surface area contributed by atoms with Crippen molar-refractivity contribution in [2.75, 3.05) is 6.61 Å². The molecule has 5 rings (SSSR count). The van der Waals surface area contributed by atoms with E-state index in [1.807, 2.05) is 60.7 Å². The fourth-order valence-corrected chi connectivity index (χ4v) is 4.43. The average molecular weight is 504 g/mol. The zero-order valence-corrected chi connectivity index (χ0v) is 21.1. The first kappa shape index (κ1) is 24.8. The lowest BCUT2D eigenvalue weighted by molar-refractivity contribution is -0.115. The number of nitriles is 1. The van der Waals surface area contributed by atoms with E-state index in [1.54, 1.807) is 12.1 Å². The van der Waals surface area contributed by atoms with Gasteiger partial charge in [-0.25, -0.2) is 4.99 Å². The number of amides is 1. The van der Waals surface area contributed by atoms with Crippen molar-refractivity contribution in [2.45, 2.75) is 32.4 Å². The third-order valence-corrected chi connectivity index (χ3v) is 6.41. The number of nitrogens with one attached hydrogen (secondary N) is 2. The molecule has 0 spiro atoms. The summed E-state index contributed by atoms with van der Waals surface area (Å²) in [5.74, 6) is 1.07. The van der Waals surface area contributed by atoms with Gasteiger partial charge in [-0.2, -0.15) is 5.26 Å². The number of nitrogens with zero attached hydrogens (tertiary/aromatic N) is 3. The average Bonchev–Trinajstić information content (AvgIpc) is 3.49. The number of guanidine groups is 1. The minimum absolute atomic E-state index is 0.184. The molecule has 0 saturated carbocycles. The van der Waals surface area contributed by atoms with Crippen LogP contribution < -0.4 is 15.4 Å². The topological polar surface area (TPSA) is 91.4 Å². The lowest BCUT2D eigenvalue weighted by Crippen LogP contribution is -2.25. The van der Waals surface area contributed by atoms with Crippen LogP contribution in [0.4, 0.5) is 0 Å². The molecule has 1 saturated heterocycles. The van der Waals surface area contributed by atoms with Crippen molar-refractivity contribution in [1.29, 1.82) is 5.26 Å². The van der Waals surface area contributed by atoms with Crippen molar-refractivity contribution in [2.24, 2.45) is 4.99 Å². The number of carbonyl (C=O) groups excluding carboxylic acids is 1. The van der Waals surface area contributed by atoms with Crippen LogP contribution in [0.2, 0.25) is 0 Å². The van der Waals surface area contributed by atoms with Crippen LogP contribution in [0, 0.1) is 11.3 Å². The number of benzene rings is 3. The van der Waals surface area contributed by atoms with Gasteiger partial charge in [0.05, 0.1) is 24.8 Å². The van der Waals surface area contributed by atoms with Gasteiger partial charge >= 0.3 is 0 Å². The highest BCUT2D eigenvalue weighted by Gasteiger charge is 2.22. The van der Waals surface area contributed by atoms with Gasteiger partial charge in [-0.05, 0) is 61.2 Å². The van der Waals surface area contributed by atoms with E-state index in [-0.39, 0.29) is 5.91 Å². The largest absolute Gasteiger partial charge is 0.494 e. The maximum absolute atomic E-state index is 12.6. The molecule has 1 aromatic heterocycles. The van der Waals surface area contributed by atoms with E-state index in [4.69, 9.17) is 10.00 Å². The Morgan fingerprint density at radius 2 is 1.71 bits per heavy atom. The van der Waals surface area contributed by atoms with Gasteiger partial charge in [0.1, 0.15) is 11.4 Å². The van der Waals surface area contributed by atoms with Gasteiger partial charge in [-0.15, -0.1) is 0 Å². The van der Waals surface area contributed by atoms with E-state index >= 15 is 0 Å². The number of aromatic nitrogens is 1. The SMILES string of the molecule is N#Cc1ccc(OCCCCCn2cc(/C=C3\NC(=NCc4ccccc4)NC3=O)c3ccccc32)cc1. The Hall–Kier alpha value is -4.83. The molecule has 1 fully saturated rings. The summed E-state index contributed by atoms with van der Waals surface area (Å²) < 4.78 is 8.04. The number of fused-ring (bicyclic) bond motifs is 1. The zero-order valence-electron chi connectivity index (χ0n) is 21.1. The second kappa shape index (κ2) is 11.9. The molecule has 7 heteroatoms. The summed E-state index contributed by atoms with van der Waals surface area (Å²) in [6.45, 7) is 2.02. The highest BCUT2D eigenvalue weighted by Crippen LogP contribution is 2.24. The van der Waals surface area contributed by atoms with E-state index in [2.05, 4.69) is 44.6 Å². The summed E-state index contributed by atoms with van der Waals surface area (Å²) in [7, 11) is 0. The maximum Gasteiger partial charge on any atom is 0.274 e. The first-order valence-corrected chi connectivity index (χ1v) is 12.8. The van der Waals surface area contributed by atoms with Crippen molar-refractivity contribution < 1.29 is 9.53 Å². The molecule has 0 radical (unpaired) electrons. The number of rotatable bonds is 10. The van der Waals surface area contributed by atoms with E-state index in [1.165, 1.54) is 0 Å². The molecular weight excluding hydrogens is 474 g/mol. The van der Waals surface area contributed by atoms with Crippen molar-refractivity contribution in [3.8, 4) is 11.8 Å². The van der Waals surface area contributed by atoms with Crippen molar-refractivity contribution in [3.63, 3.8) is 0 Å². The molecule has 0 bridgehead atoms. The second-order valence-electron chi connectivity index (χ2n) is 9.13. The van der Waals surface area contributed by atoms with Gasteiger partial charge in [0.2, 0.25) is 5.96 Å². The molecule has 0 unspecified atom stereocenters. The van der Waals surface area contributed by atoms with Gasteiger partial charge in [-0.1, -0.05) is 48.5 Å². The summed E-state index contributed by atoms with van der Waals surface area (Å²) in [4.78, 5) is 17.1. The number of carbonyl (C=O) groups is 1. The first-order chi connectivity index (χ1) is 18.7. The predicted octanol–water partition coefficient (Wildman–Crippen LogP) is 5.38. The Labute approximate surface area is 222 Å². The lowest BCUT2D eigenvalue weighted by atomic mass is 10.1. The molecule has 190 valence electrons. The van der Waals surface area contributed by atoms with Gasteiger partial charge in [0.25, 0.3) is 5.91 Å². The number of para-hydroxylation sites is 1. The molecule has 0 atom stereocenters. The van der Waals surface area contributed by atoms with Crippen LogP contribution in [0.25, 0.3) is 17.0 Å². The Kier molecular flexibility index (Phi) is 7.80. The summed E-state index contributed by atoms with van der Waals surface area (Å²) in [6.07, 6.45) is 7.00. The second-order valence-corrected chi connectivity index (χ2v) is 9.13. The number of aryl methyl sites for hydroxylation is 1. The van der Waals surface area contributed by atoms with Crippen LogP contribution in [0.15, 0.2) is 95.7 Å². The van der Waals surface area contributed by atoms with E-state index in [0.717, 1.165) is 53.6 Å². The number of unbranched alkanes of at least 4 members (excludes halogenated alkanes) is 2. The Morgan fingerprint density at radius 3 is 2.53 bits per heavy atom. The minimum Gasteiger partial charge on any atom is -0.494 e. The molecule has 1 amide bonds. The quantitative estimate of drug-likeness (QED) is 0.225. The fourth-order valence-electron chi connectivity index (χ4n) is 4.43. The normalized spacial score (nSPS) is 15.0. The Morgan fingerprint density at radius 1 is 0.921 bits per heavy atom. The number of ether oxygens (including phenoxy) is 1. The number of hydrogen-bond acceptors (Lipinski definition) is 4. The number of hydrogen-bond donors (Lipinski definition) is 2. The third-order valence-electron chi connectivity index (χ3n) is 6.41. The molecule has 4 aromatic rings. The summed E-state index contributed by atoms with van der Waals surface area (Å²) in [5, 5.41) is 15.9. The summed E-state index contributed by atoms with van der Waals surface area (Å²) in [5.41, 5.74) is 4.33. The smallest absolute Gasteiger partial charge is 0.274 e. The van der Waals surface area contributed by atoms with Crippen LogP contribution in [-0.4, -0.2) is 23.0 Å². The molecule has 1 aliphatic rings. The van der Waals surface area contributed by atoms with Gasteiger partial charge < -0.3 is 14.6 Å². The van der Waals surface area contributed by atoms with E-state index in [0.29, 0.717) is 30.4 Å². The molecule has 1 aliphatic heterocycles. The molecular formula is C31H29N5O2. The fraction of sp³-hybridized carbons (Fsp3) is 0.194. The van der Waals surface area contributed by atoms with Gasteiger partial charge in [-0.3, -0.25) is 10.1 Å².